The van der Waals surface area contributed by atoms with Crippen LogP contribution in [0, 0.1) is 0 Å². The number of para-hydroxylation sites is 1. The van der Waals surface area contributed by atoms with Gasteiger partial charge in [-0.25, -0.2) is 0 Å². The third-order valence-electron chi connectivity index (χ3n) is 2.71. The highest BCUT2D eigenvalue weighted by Crippen LogP contribution is 2.39. The van der Waals surface area contributed by atoms with Crippen LogP contribution in [0.1, 0.15) is 0 Å². The maximum atomic E-state index is 6.25. The van der Waals surface area contributed by atoms with E-state index in [1.165, 1.54) is 0 Å². The van der Waals surface area contributed by atoms with Gasteiger partial charge in [0.15, 0.2) is 0 Å². The molecule has 0 saturated carbocycles. The van der Waals surface area contributed by atoms with Crippen LogP contribution in [0.2, 0.25) is 5.02 Å². The average Bonchev–Trinajstić information content (AvgIpc) is 2.73. The Balaban J connectivity index is 2.35. The quantitative estimate of drug-likeness (QED) is 0.577. The minimum atomic E-state index is 0.714. The molecule has 0 spiro atoms. The fourth-order valence-corrected chi connectivity index (χ4v) is 2.90. The van der Waals surface area contributed by atoms with E-state index in [1.807, 2.05) is 42.5 Å². The first-order valence-electron chi connectivity index (χ1n) is 5.18. The molecule has 17 heavy (non-hydrogen) atoms. The van der Waals surface area contributed by atoms with Crippen molar-refractivity contribution < 1.29 is 4.42 Å². The van der Waals surface area contributed by atoms with Crippen molar-refractivity contribution in [2.24, 2.45) is 0 Å². The smallest absolute Gasteiger partial charge is 0.134 e. The highest BCUT2D eigenvalue weighted by atomic mass is 79.9. The van der Waals surface area contributed by atoms with Gasteiger partial charge < -0.3 is 4.42 Å². The van der Waals surface area contributed by atoms with Gasteiger partial charge in [0.2, 0.25) is 0 Å². The van der Waals surface area contributed by atoms with Crippen LogP contribution in [0.25, 0.3) is 22.1 Å². The van der Waals surface area contributed by atoms with Crippen molar-refractivity contribution in [3.63, 3.8) is 0 Å². The molecule has 0 aliphatic carbocycles. The number of furan rings is 1. The van der Waals surface area contributed by atoms with Crippen LogP contribution in [0.5, 0.6) is 0 Å². The molecule has 3 aromatic rings. The van der Waals surface area contributed by atoms with Crippen molar-refractivity contribution in [1.29, 1.82) is 0 Å². The molecule has 1 heterocycles. The highest BCUT2D eigenvalue weighted by Gasteiger charge is 2.13. The molecule has 0 saturated heterocycles. The third kappa shape index (κ3) is 1.78. The Labute approximate surface area is 112 Å². The molecule has 0 aliphatic heterocycles. The number of rotatable bonds is 1. The summed E-state index contributed by atoms with van der Waals surface area (Å²) in [7, 11) is 0. The number of fused-ring (bicyclic) bond motifs is 1. The molecule has 3 rings (SSSR count). The van der Waals surface area contributed by atoms with E-state index in [-0.39, 0.29) is 0 Å². The molecule has 0 fully saturated rings. The third-order valence-corrected chi connectivity index (χ3v) is 3.69. The summed E-state index contributed by atoms with van der Waals surface area (Å²) in [6, 6.07) is 13.7. The summed E-state index contributed by atoms with van der Waals surface area (Å²) in [6.07, 6.45) is 1.75. The molecular formula is C14H8BrClO. The Bertz CT molecular complexity index is 667. The topological polar surface area (TPSA) is 13.1 Å². The van der Waals surface area contributed by atoms with Crippen LogP contribution < -0.4 is 0 Å². The van der Waals surface area contributed by atoms with E-state index in [1.54, 1.807) is 6.26 Å². The SMILES string of the molecule is Clc1cccc(Br)c1-c1coc2ccccc12. The standard InChI is InChI=1S/C14H8BrClO/c15-11-5-3-6-12(16)14(11)10-8-17-13-7-2-1-4-9(10)13/h1-8H. The lowest BCUT2D eigenvalue weighted by Crippen LogP contribution is -1.79. The molecule has 84 valence electrons. The zero-order valence-corrected chi connectivity index (χ0v) is 11.1. The van der Waals surface area contributed by atoms with E-state index in [4.69, 9.17) is 16.0 Å². The lowest BCUT2D eigenvalue weighted by molar-refractivity contribution is 0.617. The molecule has 1 aromatic heterocycles. The monoisotopic (exact) mass is 306 g/mol. The summed E-state index contributed by atoms with van der Waals surface area (Å²) in [5, 5.41) is 1.78. The number of hydrogen-bond donors (Lipinski definition) is 0. The molecule has 0 amide bonds. The van der Waals surface area contributed by atoms with Gasteiger partial charge in [-0.3, -0.25) is 0 Å². The van der Waals surface area contributed by atoms with Gasteiger partial charge in [-0.2, -0.15) is 0 Å². The minimum absolute atomic E-state index is 0.714. The van der Waals surface area contributed by atoms with Crippen molar-refractivity contribution in [3.8, 4) is 11.1 Å². The van der Waals surface area contributed by atoms with Crippen LogP contribution in [0.4, 0.5) is 0 Å². The number of halogens is 2. The Morgan fingerprint density at radius 3 is 2.65 bits per heavy atom. The van der Waals surface area contributed by atoms with E-state index in [2.05, 4.69) is 15.9 Å². The van der Waals surface area contributed by atoms with Gasteiger partial charge in [0.25, 0.3) is 0 Å². The molecule has 2 aromatic carbocycles. The molecule has 0 N–H and O–H groups in total. The minimum Gasteiger partial charge on any atom is -0.464 e. The Hall–Kier alpha value is -1.25. The van der Waals surface area contributed by atoms with E-state index in [9.17, 15) is 0 Å². The molecule has 3 heteroatoms. The molecule has 0 atom stereocenters. The van der Waals surface area contributed by atoms with Crippen molar-refractivity contribution in [1.82, 2.24) is 0 Å². The van der Waals surface area contributed by atoms with Crippen LogP contribution >= 0.6 is 27.5 Å². The van der Waals surface area contributed by atoms with E-state index < -0.39 is 0 Å². The summed E-state index contributed by atoms with van der Waals surface area (Å²) in [4.78, 5) is 0. The van der Waals surface area contributed by atoms with Crippen molar-refractivity contribution in [2.75, 3.05) is 0 Å². The molecule has 0 bridgehead atoms. The fourth-order valence-electron chi connectivity index (χ4n) is 1.93. The summed E-state index contributed by atoms with van der Waals surface area (Å²) < 4.78 is 6.50. The number of benzene rings is 2. The summed E-state index contributed by atoms with van der Waals surface area (Å²) in [6.45, 7) is 0. The van der Waals surface area contributed by atoms with Crippen LogP contribution in [-0.2, 0) is 0 Å². The van der Waals surface area contributed by atoms with Gasteiger partial charge in [-0.15, -0.1) is 0 Å². The highest BCUT2D eigenvalue weighted by molar-refractivity contribution is 9.10. The van der Waals surface area contributed by atoms with Gasteiger partial charge in [-0.05, 0) is 18.2 Å². The summed E-state index contributed by atoms with van der Waals surface area (Å²) in [5.74, 6) is 0. The van der Waals surface area contributed by atoms with E-state index in [0.717, 1.165) is 26.6 Å². The maximum absolute atomic E-state index is 6.25. The zero-order valence-electron chi connectivity index (χ0n) is 8.78. The van der Waals surface area contributed by atoms with Crippen molar-refractivity contribution in [3.05, 3.63) is 58.2 Å². The van der Waals surface area contributed by atoms with Crippen LogP contribution in [0.3, 0.4) is 0 Å². The van der Waals surface area contributed by atoms with E-state index in [0.29, 0.717) is 5.02 Å². The fraction of sp³-hybridized carbons (Fsp3) is 0. The normalized spacial score (nSPS) is 10.9. The molecular weight excluding hydrogens is 300 g/mol. The van der Waals surface area contributed by atoms with Gasteiger partial charge >= 0.3 is 0 Å². The largest absolute Gasteiger partial charge is 0.464 e. The zero-order chi connectivity index (χ0) is 11.8. The Morgan fingerprint density at radius 2 is 1.82 bits per heavy atom. The number of hydrogen-bond acceptors (Lipinski definition) is 1. The second-order valence-electron chi connectivity index (χ2n) is 3.74. The molecule has 1 nitrogen and oxygen atoms in total. The Morgan fingerprint density at radius 1 is 1.00 bits per heavy atom. The predicted molar refractivity (Wildman–Crippen MR) is 74.4 cm³/mol. The maximum Gasteiger partial charge on any atom is 0.134 e. The lowest BCUT2D eigenvalue weighted by Gasteiger charge is -2.04. The van der Waals surface area contributed by atoms with Gasteiger partial charge in [-0.1, -0.05) is 51.8 Å². The van der Waals surface area contributed by atoms with Gasteiger partial charge in [0, 0.05) is 26.0 Å². The molecule has 0 unspecified atom stereocenters. The Kier molecular flexibility index (Phi) is 2.69. The second kappa shape index (κ2) is 4.21. The van der Waals surface area contributed by atoms with Crippen molar-refractivity contribution in [2.45, 2.75) is 0 Å². The van der Waals surface area contributed by atoms with Crippen molar-refractivity contribution >= 4 is 38.5 Å². The summed E-state index contributed by atoms with van der Waals surface area (Å²) in [5.41, 5.74) is 2.85. The van der Waals surface area contributed by atoms with Gasteiger partial charge in [0.1, 0.15) is 5.58 Å². The van der Waals surface area contributed by atoms with Gasteiger partial charge in [0.05, 0.1) is 6.26 Å². The molecule has 0 aliphatic rings. The predicted octanol–water partition coefficient (Wildman–Crippen LogP) is 5.52. The summed E-state index contributed by atoms with van der Waals surface area (Å²) >= 11 is 9.78. The van der Waals surface area contributed by atoms with E-state index >= 15 is 0 Å². The lowest BCUT2D eigenvalue weighted by atomic mass is 10.1. The average molecular weight is 308 g/mol. The van der Waals surface area contributed by atoms with Crippen LogP contribution in [0.15, 0.2) is 57.6 Å². The first-order valence-corrected chi connectivity index (χ1v) is 6.35. The van der Waals surface area contributed by atoms with Crippen LogP contribution in [-0.4, -0.2) is 0 Å². The first-order chi connectivity index (χ1) is 8.27. The first kappa shape index (κ1) is 10.9. The molecule has 0 radical (unpaired) electrons. The second-order valence-corrected chi connectivity index (χ2v) is 5.00.